The van der Waals surface area contributed by atoms with Crippen LogP contribution in [-0.4, -0.2) is 39.5 Å². The number of hydrogen-bond acceptors (Lipinski definition) is 4. The Morgan fingerprint density at radius 1 is 1.42 bits per heavy atom. The average Bonchev–Trinajstić information content (AvgIpc) is 2.38. The van der Waals surface area contributed by atoms with E-state index in [1.165, 1.54) is 26.2 Å². The first-order chi connectivity index (χ1) is 8.89. The number of carbonyl (C=O) groups excluding carboxylic acids is 1. The van der Waals surface area contributed by atoms with E-state index in [0.717, 1.165) is 6.07 Å². The Morgan fingerprint density at radius 2 is 2.11 bits per heavy atom. The van der Waals surface area contributed by atoms with Crippen LogP contribution in [0.5, 0.6) is 5.75 Å². The molecule has 0 atom stereocenters. The third-order valence-electron chi connectivity index (χ3n) is 2.56. The van der Waals surface area contributed by atoms with Crippen molar-refractivity contribution in [2.24, 2.45) is 0 Å². The Labute approximate surface area is 111 Å². The van der Waals surface area contributed by atoms with Crippen LogP contribution in [0, 0.1) is 5.82 Å². The number of halogens is 1. The molecule has 106 valence electrons. The van der Waals surface area contributed by atoms with Gasteiger partial charge in [-0.05, 0) is 12.1 Å². The standard InChI is InChI=1S/C12H16FNO4S/c1-3-19(16,17)7-6-14-12(15)10-5-4-9(18-2)8-11(10)13/h4-5,8H,3,6-7H2,1-2H3,(H,14,15). The number of benzene rings is 1. The van der Waals surface area contributed by atoms with Gasteiger partial charge in [0.2, 0.25) is 0 Å². The lowest BCUT2D eigenvalue weighted by molar-refractivity contribution is 0.0952. The minimum absolute atomic E-state index is 0.0137. The van der Waals surface area contributed by atoms with Crippen LogP contribution < -0.4 is 10.1 Å². The number of hydrogen-bond donors (Lipinski definition) is 1. The van der Waals surface area contributed by atoms with Crippen LogP contribution in [0.2, 0.25) is 0 Å². The maximum absolute atomic E-state index is 13.6. The molecule has 0 saturated carbocycles. The second-order valence-electron chi connectivity index (χ2n) is 3.84. The van der Waals surface area contributed by atoms with Gasteiger partial charge in [-0.25, -0.2) is 12.8 Å². The van der Waals surface area contributed by atoms with Gasteiger partial charge in [0.05, 0.1) is 18.4 Å². The monoisotopic (exact) mass is 289 g/mol. The quantitative estimate of drug-likeness (QED) is 0.848. The minimum Gasteiger partial charge on any atom is -0.497 e. The van der Waals surface area contributed by atoms with Gasteiger partial charge < -0.3 is 10.1 Å². The highest BCUT2D eigenvalue weighted by atomic mass is 32.2. The first-order valence-electron chi connectivity index (χ1n) is 5.71. The van der Waals surface area contributed by atoms with Crippen molar-refractivity contribution in [2.45, 2.75) is 6.92 Å². The van der Waals surface area contributed by atoms with Crippen molar-refractivity contribution in [2.75, 3.05) is 25.2 Å². The number of ether oxygens (including phenoxy) is 1. The van der Waals surface area contributed by atoms with Crippen molar-refractivity contribution in [1.29, 1.82) is 0 Å². The Kier molecular flexibility index (Phi) is 5.29. The fourth-order valence-corrected chi connectivity index (χ4v) is 2.07. The van der Waals surface area contributed by atoms with Crippen molar-refractivity contribution in [3.05, 3.63) is 29.6 Å². The van der Waals surface area contributed by atoms with Gasteiger partial charge >= 0.3 is 0 Å². The lowest BCUT2D eigenvalue weighted by atomic mass is 10.2. The Bertz CT molecular complexity index is 557. The maximum Gasteiger partial charge on any atom is 0.254 e. The number of nitrogens with one attached hydrogen (secondary N) is 1. The van der Waals surface area contributed by atoms with Gasteiger partial charge in [-0.15, -0.1) is 0 Å². The third-order valence-corrected chi connectivity index (χ3v) is 4.27. The van der Waals surface area contributed by atoms with E-state index >= 15 is 0 Å². The minimum atomic E-state index is -3.15. The first kappa shape index (κ1) is 15.4. The summed E-state index contributed by atoms with van der Waals surface area (Å²) in [6.45, 7) is 1.49. The molecule has 0 unspecified atom stereocenters. The molecule has 5 nitrogen and oxygen atoms in total. The molecule has 0 aromatic heterocycles. The lowest BCUT2D eigenvalue weighted by Crippen LogP contribution is -2.30. The van der Waals surface area contributed by atoms with Crippen LogP contribution in [0.4, 0.5) is 4.39 Å². The van der Waals surface area contributed by atoms with Gasteiger partial charge in [0.15, 0.2) is 9.84 Å². The van der Waals surface area contributed by atoms with E-state index in [4.69, 9.17) is 4.74 Å². The smallest absolute Gasteiger partial charge is 0.254 e. The molecular weight excluding hydrogens is 273 g/mol. The Balaban J connectivity index is 2.64. The molecule has 0 saturated heterocycles. The molecule has 1 N–H and O–H groups in total. The average molecular weight is 289 g/mol. The fourth-order valence-electron chi connectivity index (χ4n) is 1.37. The van der Waals surface area contributed by atoms with Gasteiger partial charge in [-0.3, -0.25) is 4.79 Å². The third kappa shape index (κ3) is 4.51. The molecular formula is C12H16FNO4S. The number of rotatable bonds is 6. The van der Waals surface area contributed by atoms with E-state index in [1.807, 2.05) is 0 Å². The van der Waals surface area contributed by atoms with Crippen LogP contribution in [0.3, 0.4) is 0 Å². The lowest BCUT2D eigenvalue weighted by Gasteiger charge is -2.07. The molecule has 0 aliphatic rings. The molecule has 1 amide bonds. The highest BCUT2D eigenvalue weighted by Crippen LogP contribution is 2.15. The molecule has 0 aliphatic heterocycles. The van der Waals surface area contributed by atoms with Crippen LogP contribution in [0.15, 0.2) is 18.2 Å². The zero-order valence-electron chi connectivity index (χ0n) is 10.8. The van der Waals surface area contributed by atoms with Gasteiger partial charge in [0, 0.05) is 18.4 Å². The Hall–Kier alpha value is -1.63. The highest BCUT2D eigenvalue weighted by molar-refractivity contribution is 7.91. The molecule has 0 bridgehead atoms. The summed E-state index contributed by atoms with van der Waals surface area (Å²) in [7, 11) is -1.75. The zero-order chi connectivity index (χ0) is 14.5. The van der Waals surface area contributed by atoms with Gasteiger partial charge in [-0.2, -0.15) is 0 Å². The summed E-state index contributed by atoms with van der Waals surface area (Å²) in [6.07, 6.45) is 0. The molecule has 1 aromatic rings. The molecule has 1 aromatic carbocycles. The van der Waals surface area contributed by atoms with E-state index < -0.39 is 21.6 Å². The summed E-state index contributed by atoms with van der Waals surface area (Å²) in [6, 6.07) is 3.84. The zero-order valence-corrected chi connectivity index (χ0v) is 11.6. The van der Waals surface area contributed by atoms with Crippen molar-refractivity contribution < 1.29 is 22.3 Å². The summed E-state index contributed by atoms with van der Waals surface area (Å²) in [5.41, 5.74) is -0.144. The summed E-state index contributed by atoms with van der Waals surface area (Å²) >= 11 is 0. The number of methoxy groups -OCH3 is 1. The fraction of sp³-hybridized carbons (Fsp3) is 0.417. The van der Waals surface area contributed by atoms with E-state index in [-0.39, 0.29) is 23.6 Å². The molecule has 19 heavy (non-hydrogen) atoms. The predicted molar refractivity (Wildman–Crippen MR) is 69.6 cm³/mol. The van der Waals surface area contributed by atoms with Crippen LogP contribution in [-0.2, 0) is 9.84 Å². The van der Waals surface area contributed by atoms with Gasteiger partial charge in [0.1, 0.15) is 11.6 Å². The topological polar surface area (TPSA) is 72.5 Å². The molecule has 0 heterocycles. The van der Waals surface area contributed by atoms with Gasteiger partial charge in [-0.1, -0.05) is 6.92 Å². The van der Waals surface area contributed by atoms with Crippen molar-refractivity contribution >= 4 is 15.7 Å². The summed E-state index contributed by atoms with van der Waals surface area (Å²) < 4.78 is 40.8. The second kappa shape index (κ2) is 6.51. The van der Waals surface area contributed by atoms with Crippen LogP contribution in [0.25, 0.3) is 0 Å². The Morgan fingerprint density at radius 3 is 2.63 bits per heavy atom. The second-order valence-corrected chi connectivity index (χ2v) is 6.31. The SMILES string of the molecule is CCS(=O)(=O)CCNC(=O)c1ccc(OC)cc1F. The van der Waals surface area contributed by atoms with Crippen molar-refractivity contribution in [3.63, 3.8) is 0 Å². The van der Waals surface area contributed by atoms with Crippen LogP contribution in [0.1, 0.15) is 17.3 Å². The summed E-state index contributed by atoms with van der Waals surface area (Å²) in [5.74, 6) is -1.20. The number of carbonyl (C=O) groups is 1. The van der Waals surface area contributed by atoms with E-state index in [9.17, 15) is 17.6 Å². The molecule has 0 radical (unpaired) electrons. The molecule has 0 spiro atoms. The number of amides is 1. The molecule has 1 rings (SSSR count). The van der Waals surface area contributed by atoms with Crippen molar-refractivity contribution in [1.82, 2.24) is 5.32 Å². The van der Waals surface area contributed by atoms with E-state index in [1.54, 1.807) is 0 Å². The normalized spacial score (nSPS) is 11.1. The van der Waals surface area contributed by atoms with Crippen molar-refractivity contribution in [3.8, 4) is 5.75 Å². The van der Waals surface area contributed by atoms with E-state index in [2.05, 4.69) is 5.32 Å². The van der Waals surface area contributed by atoms with Crippen LogP contribution >= 0.6 is 0 Å². The van der Waals surface area contributed by atoms with E-state index in [0.29, 0.717) is 5.75 Å². The first-order valence-corrected chi connectivity index (χ1v) is 7.54. The predicted octanol–water partition coefficient (Wildman–Crippen LogP) is 0.999. The molecule has 7 heteroatoms. The highest BCUT2D eigenvalue weighted by Gasteiger charge is 2.13. The molecule has 0 aliphatic carbocycles. The molecule has 0 fully saturated rings. The summed E-state index contributed by atoms with van der Waals surface area (Å²) in [5, 5.41) is 2.37. The van der Waals surface area contributed by atoms with Gasteiger partial charge in [0.25, 0.3) is 5.91 Å². The maximum atomic E-state index is 13.6. The number of sulfone groups is 1. The largest absolute Gasteiger partial charge is 0.497 e. The summed E-state index contributed by atoms with van der Waals surface area (Å²) in [4.78, 5) is 11.7.